The number of aryl methyl sites for hydroxylation is 1. The number of halogens is 4. The second-order valence-corrected chi connectivity index (χ2v) is 15.6. The zero-order valence-corrected chi connectivity index (χ0v) is 33.4. The number of imidazole rings is 1. The first-order valence-electron chi connectivity index (χ1n) is 19.7. The highest BCUT2D eigenvalue weighted by Crippen LogP contribution is 2.42. The Morgan fingerprint density at radius 1 is 0.983 bits per heavy atom. The van der Waals surface area contributed by atoms with Crippen LogP contribution in [0.4, 0.5) is 23.2 Å². The average molecular weight is 807 g/mol. The minimum Gasteiger partial charge on any atom is -0.490 e. The van der Waals surface area contributed by atoms with Crippen LogP contribution in [-0.4, -0.2) is 86.2 Å². The number of amides is 2. The summed E-state index contributed by atoms with van der Waals surface area (Å²) in [6.07, 6.45) is 16.8. The van der Waals surface area contributed by atoms with Crippen LogP contribution in [0.5, 0.6) is 5.75 Å². The van der Waals surface area contributed by atoms with Crippen LogP contribution in [0.2, 0.25) is 0 Å². The van der Waals surface area contributed by atoms with E-state index in [1.807, 2.05) is 56.9 Å². The topological polar surface area (TPSA) is 135 Å². The van der Waals surface area contributed by atoms with Crippen LogP contribution in [0.3, 0.4) is 0 Å². The second kappa shape index (κ2) is 18.0. The first kappa shape index (κ1) is 42.2. The van der Waals surface area contributed by atoms with Crippen molar-refractivity contribution >= 4 is 35.1 Å². The molecule has 2 saturated heterocycles. The molecule has 12 nitrogen and oxygen atoms in total. The number of hydrogen-bond acceptors (Lipinski definition) is 9. The molecule has 4 aromatic heterocycles. The first-order valence-corrected chi connectivity index (χ1v) is 19.7. The molecule has 1 aromatic carbocycles. The molecule has 8 rings (SSSR count). The quantitative estimate of drug-likeness (QED) is 0.0969. The van der Waals surface area contributed by atoms with E-state index in [-0.39, 0.29) is 36.5 Å². The molecule has 3 aliphatic rings. The summed E-state index contributed by atoms with van der Waals surface area (Å²) in [5.74, 6) is -7.42. The van der Waals surface area contributed by atoms with Crippen molar-refractivity contribution in [1.82, 2.24) is 34.2 Å². The maximum Gasteiger partial charge on any atom is 0.267 e. The fourth-order valence-electron chi connectivity index (χ4n) is 7.83. The molecule has 0 bridgehead atoms. The maximum absolute atomic E-state index is 14.5. The third-order valence-electron chi connectivity index (χ3n) is 10.8. The van der Waals surface area contributed by atoms with Crippen LogP contribution in [0, 0.1) is 18.6 Å². The number of anilines is 1. The third kappa shape index (κ3) is 9.65. The molecule has 1 aliphatic carbocycles. The summed E-state index contributed by atoms with van der Waals surface area (Å²) in [7, 11) is 3.41. The fourth-order valence-corrected chi connectivity index (χ4v) is 7.83. The molecule has 0 radical (unpaired) electrons. The maximum atomic E-state index is 14.5. The molecule has 6 heterocycles. The lowest BCUT2D eigenvalue weighted by molar-refractivity contribution is -0.134. The van der Waals surface area contributed by atoms with Gasteiger partial charge in [0.25, 0.3) is 5.92 Å². The number of nitrogens with one attached hydrogen (secondary N) is 2. The molecule has 2 atom stereocenters. The van der Waals surface area contributed by atoms with Crippen molar-refractivity contribution in [1.29, 1.82) is 0 Å². The number of hydrogen-bond donors (Lipinski definition) is 2. The van der Waals surface area contributed by atoms with Gasteiger partial charge in [0.1, 0.15) is 23.0 Å². The van der Waals surface area contributed by atoms with Gasteiger partial charge in [0.2, 0.25) is 11.8 Å². The van der Waals surface area contributed by atoms with E-state index in [1.54, 1.807) is 17.8 Å². The fraction of sp³-hybridized carbons (Fsp3) is 0.476. The van der Waals surface area contributed by atoms with E-state index in [1.165, 1.54) is 37.0 Å². The van der Waals surface area contributed by atoms with Gasteiger partial charge in [0.15, 0.2) is 11.9 Å². The number of fused-ring (bicyclic) bond motifs is 2. The molecule has 2 aliphatic heterocycles. The van der Waals surface area contributed by atoms with Gasteiger partial charge in [0.05, 0.1) is 47.6 Å². The van der Waals surface area contributed by atoms with Gasteiger partial charge < -0.3 is 19.4 Å². The van der Waals surface area contributed by atoms with E-state index in [0.29, 0.717) is 23.8 Å². The molecule has 58 heavy (non-hydrogen) atoms. The highest BCUT2D eigenvalue weighted by Gasteiger charge is 2.46. The van der Waals surface area contributed by atoms with Gasteiger partial charge in [-0.1, -0.05) is 19.3 Å². The number of ether oxygens (including phenoxy) is 1. The van der Waals surface area contributed by atoms with Crippen LogP contribution in [-0.2, 0) is 9.59 Å². The highest BCUT2D eigenvalue weighted by atomic mass is 19.3. The summed E-state index contributed by atoms with van der Waals surface area (Å²) >= 11 is 0. The lowest BCUT2D eigenvalue weighted by Gasteiger charge is -2.37. The molecule has 16 heteroatoms. The minimum absolute atomic E-state index is 0.0115. The number of benzene rings is 1. The van der Waals surface area contributed by atoms with E-state index in [9.17, 15) is 31.9 Å². The molecule has 3 fully saturated rings. The van der Waals surface area contributed by atoms with Crippen molar-refractivity contribution in [3.8, 4) is 5.75 Å². The van der Waals surface area contributed by atoms with Gasteiger partial charge in [-0.25, -0.2) is 32.0 Å². The van der Waals surface area contributed by atoms with E-state index >= 15 is 0 Å². The van der Waals surface area contributed by atoms with Gasteiger partial charge in [-0.05, 0) is 83.3 Å². The van der Waals surface area contributed by atoms with Crippen LogP contribution in [0.15, 0.2) is 49.2 Å². The van der Waals surface area contributed by atoms with Crippen molar-refractivity contribution in [2.75, 3.05) is 32.5 Å². The lowest BCUT2D eigenvalue weighted by Crippen LogP contribution is -2.45. The average Bonchev–Trinajstić information content (AvgIpc) is 3.79. The number of imide groups is 1. The van der Waals surface area contributed by atoms with Crippen LogP contribution < -0.4 is 15.4 Å². The van der Waals surface area contributed by atoms with Gasteiger partial charge in [-0.3, -0.25) is 19.7 Å². The summed E-state index contributed by atoms with van der Waals surface area (Å²) in [5, 5.41) is 9.24. The Bertz CT molecular complexity index is 2270. The van der Waals surface area contributed by atoms with Crippen molar-refractivity contribution in [3.05, 3.63) is 88.8 Å². The zero-order chi connectivity index (χ0) is 41.7. The molecule has 2 unspecified atom stereocenters. The predicted octanol–water partition coefficient (Wildman–Crippen LogP) is 7.60. The number of aldehydes is 1. The number of alkyl halides is 2. The summed E-state index contributed by atoms with van der Waals surface area (Å²) in [6, 6.07) is 3.47. The summed E-state index contributed by atoms with van der Waals surface area (Å²) in [4.78, 5) is 44.7. The standard InChI is InChI=1S/C17H18F4N2O2.C17H22N2O2.C8H10N4/c1-23-5-4-12(17(20,21)8-23)11-7-13(18)10(6-14(11)19)9-2-3-15(24)22-16(9)25;1-12(2)21-16-8-17-18-15(13-6-4-3-5-7-13)10-19(17)9-14(16)11-20;1-6-3-10-8-7(9-2)4-11-12(8)5-6/h6-7,9,12H,2-5,8H2,1H3,(H,22,24,25);8-13H,3-7H2,1-2H3;3-5,9H,1-2H3. The summed E-state index contributed by atoms with van der Waals surface area (Å²) in [6.45, 7) is 5.74. The Kier molecular flexibility index (Phi) is 13.1. The Balaban J connectivity index is 0.000000155. The van der Waals surface area contributed by atoms with E-state index in [4.69, 9.17) is 9.72 Å². The molecule has 5 aromatic rings. The van der Waals surface area contributed by atoms with Gasteiger partial charge in [0, 0.05) is 55.8 Å². The zero-order valence-electron chi connectivity index (χ0n) is 33.4. The molecule has 310 valence electrons. The molecular formula is C42H50F4N8O4. The van der Waals surface area contributed by atoms with Gasteiger partial charge in [-0.15, -0.1) is 0 Å². The monoisotopic (exact) mass is 806 g/mol. The summed E-state index contributed by atoms with van der Waals surface area (Å²) in [5.41, 5.74) is 4.93. The van der Waals surface area contributed by atoms with Crippen molar-refractivity contribution < 1.29 is 36.7 Å². The van der Waals surface area contributed by atoms with Crippen molar-refractivity contribution in [2.45, 2.75) is 102 Å². The lowest BCUT2D eigenvalue weighted by atomic mass is 9.83. The highest BCUT2D eigenvalue weighted by molar-refractivity contribution is 6.01. The number of likely N-dealkylation sites (tertiary alicyclic amines) is 1. The third-order valence-corrected chi connectivity index (χ3v) is 10.8. The predicted molar refractivity (Wildman–Crippen MR) is 211 cm³/mol. The smallest absolute Gasteiger partial charge is 0.267 e. The van der Waals surface area contributed by atoms with Gasteiger partial charge in [-0.2, -0.15) is 5.10 Å². The Hall–Kier alpha value is -5.38. The van der Waals surface area contributed by atoms with E-state index < -0.39 is 47.8 Å². The number of aromatic nitrogens is 5. The van der Waals surface area contributed by atoms with E-state index in [0.717, 1.165) is 46.7 Å². The van der Waals surface area contributed by atoms with E-state index in [2.05, 4.69) is 26.9 Å². The largest absolute Gasteiger partial charge is 0.490 e. The molecular weight excluding hydrogens is 757 g/mol. The SMILES string of the molecule is CC(C)Oc1cc2nc(C3CCCCC3)cn2cc1C=O.CN1CCC(c2cc(F)c(C3CCC(=O)NC3=O)cc2F)C(F)(F)C1.CNc1cnn2cc(C)cnc12. The number of rotatable bonds is 7. The Morgan fingerprint density at radius 2 is 1.71 bits per heavy atom. The number of pyridine rings is 1. The second-order valence-electron chi connectivity index (χ2n) is 15.6. The molecule has 0 spiro atoms. The number of carbonyl (C=O) groups excluding carboxylic acids is 3. The summed E-state index contributed by atoms with van der Waals surface area (Å²) < 4.78 is 66.9. The van der Waals surface area contributed by atoms with Crippen molar-refractivity contribution in [3.63, 3.8) is 0 Å². The number of nitrogens with zero attached hydrogens (tertiary/aromatic N) is 6. The molecule has 2 N–H and O–H groups in total. The van der Waals surface area contributed by atoms with Crippen LogP contribution >= 0.6 is 0 Å². The Morgan fingerprint density at radius 3 is 2.38 bits per heavy atom. The minimum atomic E-state index is -3.17. The molecule has 1 saturated carbocycles. The van der Waals surface area contributed by atoms with Crippen molar-refractivity contribution in [2.24, 2.45) is 0 Å². The van der Waals surface area contributed by atoms with Crippen LogP contribution in [0.25, 0.3) is 11.3 Å². The van der Waals surface area contributed by atoms with Crippen LogP contribution in [0.1, 0.15) is 116 Å². The first-order chi connectivity index (χ1) is 27.7. The molecule has 2 amide bonds. The number of carbonyl (C=O) groups is 3. The Labute approximate surface area is 334 Å². The van der Waals surface area contributed by atoms with Gasteiger partial charge >= 0.3 is 0 Å². The number of piperidine rings is 2. The normalized spacial score (nSPS) is 19.9.